The van der Waals surface area contributed by atoms with Crippen LogP contribution in [-0.2, 0) is 4.79 Å². The number of hydrogen-bond acceptors (Lipinski definition) is 7. The molecule has 184 valence electrons. The van der Waals surface area contributed by atoms with Gasteiger partial charge in [-0.05, 0) is 66.2 Å². The highest BCUT2D eigenvalue weighted by atomic mass is 35.5. The van der Waals surface area contributed by atoms with Gasteiger partial charge in [0.25, 0.3) is 5.91 Å². The van der Waals surface area contributed by atoms with E-state index in [1.165, 1.54) is 23.6 Å². The van der Waals surface area contributed by atoms with Gasteiger partial charge in [0.15, 0.2) is 6.61 Å². The van der Waals surface area contributed by atoms with Gasteiger partial charge in [0, 0.05) is 15.1 Å². The SMILES string of the molecule is COc1ccc2c(Cl)c(C(=O)Oc3ccc(C=NNC(=O)COc4ccc(Cl)cc4Cl)cc3)sc2c1. The van der Waals surface area contributed by atoms with E-state index in [0.29, 0.717) is 42.8 Å². The van der Waals surface area contributed by atoms with E-state index >= 15 is 0 Å². The molecule has 1 heterocycles. The van der Waals surface area contributed by atoms with Crippen LogP contribution in [0.2, 0.25) is 15.1 Å². The van der Waals surface area contributed by atoms with Crippen molar-refractivity contribution in [2.45, 2.75) is 0 Å². The van der Waals surface area contributed by atoms with Crippen molar-refractivity contribution >= 4 is 74.3 Å². The van der Waals surface area contributed by atoms with E-state index in [2.05, 4.69) is 10.5 Å². The predicted molar refractivity (Wildman–Crippen MR) is 142 cm³/mol. The Morgan fingerprint density at radius 2 is 1.75 bits per heavy atom. The maximum absolute atomic E-state index is 12.7. The second-order valence-corrected chi connectivity index (χ2v) is 9.50. The van der Waals surface area contributed by atoms with Crippen LogP contribution in [0.3, 0.4) is 0 Å². The van der Waals surface area contributed by atoms with Crippen molar-refractivity contribution in [3.8, 4) is 17.2 Å². The lowest BCUT2D eigenvalue weighted by atomic mass is 10.2. The molecule has 0 bridgehead atoms. The Kier molecular flexibility index (Phi) is 8.32. The molecule has 0 aliphatic carbocycles. The summed E-state index contributed by atoms with van der Waals surface area (Å²) in [6, 6.07) is 16.7. The quantitative estimate of drug-likeness (QED) is 0.113. The van der Waals surface area contributed by atoms with E-state index in [9.17, 15) is 9.59 Å². The number of hydrazone groups is 1. The number of fused-ring (bicyclic) bond motifs is 1. The number of thiophene rings is 1. The zero-order chi connectivity index (χ0) is 25.7. The van der Waals surface area contributed by atoms with E-state index in [4.69, 9.17) is 49.0 Å². The van der Waals surface area contributed by atoms with Gasteiger partial charge in [-0.2, -0.15) is 5.10 Å². The lowest BCUT2D eigenvalue weighted by Gasteiger charge is -2.07. The van der Waals surface area contributed by atoms with Crippen LogP contribution in [-0.4, -0.2) is 31.8 Å². The third-order valence-electron chi connectivity index (χ3n) is 4.77. The summed E-state index contributed by atoms with van der Waals surface area (Å²) in [7, 11) is 1.57. The van der Waals surface area contributed by atoms with Gasteiger partial charge in [0.2, 0.25) is 0 Å². The maximum Gasteiger partial charge on any atom is 0.355 e. The summed E-state index contributed by atoms with van der Waals surface area (Å²) in [4.78, 5) is 24.9. The molecule has 1 amide bonds. The maximum atomic E-state index is 12.7. The van der Waals surface area contributed by atoms with Gasteiger partial charge in [0.05, 0.1) is 23.4 Å². The van der Waals surface area contributed by atoms with Crippen molar-refractivity contribution in [1.82, 2.24) is 5.43 Å². The van der Waals surface area contributed by atoms with Gasteiger partial charge in [-0.25, -0.2) is 10.2 Å². The van der Waals surface area contributed by atoms with Gasteiger partial charge < -0.3 is 14.2 Å². The van der Waals surface area contributed by atoms with E-state index in [-0.39, 0.29) is 6.61 Å². The number of carbonyl (C=O) groups excluding carboxylic acids is 2. The molecule has 0 spiro atoms. The molecule has 0 aliphatic rings. The van der Waals surface area contributed by atoms with Crippen molar-refractivity contribution in [1.29, 1.82) is 0 Å². The zero-order valence-electron chi connectivity index (χ0n) is 18.6. The lowest BCUT2D eigenvalue weighted by Crippen LogP contribution is -2.24. The van der Waals surface area contributed by atoms with Gasteiger partial charge in [0.1, 0.15) is 22.1 Å². The molecule has 1 aromatic heterocycles. The third kappa shape index (κ3) is 6.27. The summed E-state index contributed by atoms with van der Waals surface area (Å²) >= 11 is 19.4. The fraction of sp³-hybridized carbons (Fsp3) is 0.0800. The molecular formula is C25H17Cl3N2O5S. The molecule has 4 aromatic rings. The number of rotatable bonds is 8. The fourth-order valence-electron chi connectivity index (χ4n) is 3.03. The average molecular weight is 564 g/mol. The largest absolute Gasteiger partial charge is 0.497 e. The molecule has 0 saturated heterocycles. The number of carbonyl (C=O) groups is 2. The predicted octanol–water partition coefficient (Wildman–Crippen LogP) is 6.62. The second-order valence-electron chi connectivity index (χ2n) is 7.22. The van der Waals surface area contributed by atoms with Crippen LogP contribution in [0.25, 0.3) is 10.1 Å². The van der Waals surface area contributed by atoms with Gasteiger partial charge in [-0.1, -0.05) is 34.8 Å². The number of hydrogen-bond donors (Lipinski definition) is 1. The first kappa shape index (κ1) is 25.8. The molecule has 0 atom stereocenters. The minimum absolute atomic E-state index is 0.277. The molecule has 3 aromatic carbocycles. The highest BCUT2D eigenvalue weighted by Gasteiger charge is 2.19. The van der Waals surface area contributed by atoms with E-state index in [1.54, 1.807) is 55.6 Å². The molecule has 0 fully saturated rings. The summed E-state index contributed by atoms with van der Waals surface area (Å²) in [6.45, 7) is -0.277. The number of nitrogens with zero attached hydrogens (tertiary/aromatic N) is 1. The lowest BCUT2D eigenvalue weighted by molar-refractivity contribution is -0.123. The van der Waals surface area contributed by atoms with Crippen LogP contribution in [0.15, 0.2) is 65.8 Å². The highest BCUT2D eigenvalue weighted by molar-refractivity contribution is 7.21. The zero-order valence-corrected chi connectivity index (χ0v) is 21.7. The normalized spacial score (nSPS) is 11.0. The monoisotopic (exact) mass is 562 g/mol. The second kappa shape index (κ2) is 11.6. The first-order valence-corrected chi connectivity index (χ1v) is 12.3. The van der Waals surface area contributed by atoms with Crippen LogP contribution < -0.4 is 19.6 Å². The number of amides is 1. The molecule has 36 heavy (non-hydrogen) atoms. The van der Waals surface area contributed by atoms with Gasteiger partial charge in [-0.3, -0.25) is 4.79 Å². The number of halogens is 3. The minimum Gasteiger partial charge on any atom is -0.497 e. The van der Waals surface area contributed by atoms with E-state index in [1.807, 2.05) is 6.07 Å². The van der Waals surface area contributed by atoms with Crippen molar-refractivity contribution < 1.29 is 23.8 Å². The molecule has 0 aliphatic heterocycles. The highest BCUT2D eigenvalue weighted by Crippen LogP contribution is 2.37. The molecule has 7 nitrogen and oxygen atoms in total. The Morgan fingerprint density at radius 1 is 1.00 bits per heavy atom. The Hall–Kier alpha value is -3.30. The van der Waals surface area contributed by atoms with Gasteiger partial charge in [-0.15, -0.1) is 11.3 Å². The van der Waals surface area contributed by atoms with Crippen molar-refractivity contribution in [3.63, 3.8) is 0 Å². The van der Waals surface area contributed by atoms with Crippen molar-refractivity contribution in [2.75, 3.05) is 13.7 Å². The first-order chi connectivity index (χ1) is 17.3. The minimum atomic E-state index is -0.561. The molecule has 0 radical (unpaired) electrons. The van der Waals surface area contributed by atoms with Crippen molar-refractivity contribution in [2.24, 2.45) is 5.10 Å². The van der Waals surface area contributed by atoms with E-state index < -0.39 is 11.9 Å². The van der Waals surface area contributed by atoms with Crippen LogP contribution in [0.1, 0.15) is 15.2 Å². The molecule has 4 rings (SSSR count). The Labute approximate surface area is 225 Å². The summed E-state index contributed by atoms with van der Waals surface area (Å²) < 4.78 is 16.8. The van der Waals surface area contributed by atoms with Gasteiger partial charge >= 0.3 is 5.97 Å². The number of ether oxygens (including phenoxy) is 3. The smallest absolute Gasteiger partial charge is 0.355 e. The Bertz CT molecular complexity index is 1450. The number of esters is 1. The Balaban J connectivity index is 1.31. The Morgan fingerprint density at radius 3 is 2.47 bits per heavy atom. The molecular weight excluding hydrogens is 547 g/mol. The van der Waals surface area contributed by atoms with Crippen molar-refractivity contribution in [3.05, 3.63) is 86.2 Å². The fourth-order valence-corrected chi connectivity index (χ4v) is 4.90. The number of benzene rings is 3. The number of methoxy groups -OCH3 is 1. The average Bonchev–Trinajstić information content (AvgIpc) is 3.20. The topological polar surface area (TPSA) is 86.2 Å². The standard InChI is InChI=1S/C25H17Cl3N2O5S/c1-33-17-7-8-18-21(11-17)36-24(23(18)28)25(32)35-16-5-2-14(3-6-16)12-29-30-22(31)13-34-20-9-4-15(26)10-19(20)27/h2-12H,13H2,1H3,(H,30,31). The van der Waals surface area contributed by atoms with Crippen LogP contribution in [0, 0.1) is 0 Å². The molecule has 1 N–H and O–H groups in total. The first-order valence-electron chi connectivity index (χ1n) is 10.3. The summed E-state index contributed by atoms with van der Waals surface area (Å²) in [5, 5.41) is 5.74. The summed E-state index contributed by atoms with van der Waals surface area (Å²) in [5.41, 5.74) is 3.03. The molecule has 0 unspecified atom stereocenters. The molecule has 0 saturated carbocycles. The van der Waals surface area contributed by atoms with Crippen LogP contribution >= 0.6 is 46.1 Å². The summed E-state index contributed by atoms with van der Waals surface area (Å²) in [5.74, 6) is 0.310. The van der Waals surface area contributed by atoms with Crippen LogP contribution in [0.5, 0.6) is 17.2 Å². The summed E-state index contributed by atoms with van der Waals surface area (Å²) in [6.07, 6.45) is 1.44. The van der Waals surface area contributed by atoms with Crippen LogP contribution in [0.4, 0.5) is 0 Å². The number of nitrogens with one attached hydrogen (secondary N) is 1. The third-order valence-corrected chi connectivity index (χ3v) is 6.94. The molecule has 11 heteroatoms. The van der Waals surface area contributed by atoms with E-state index in [0.717, 1.165) is 10.1 Å².